The van der Waals surface area contributed by atoms with Crippen molar-refractivity contribution >= 4 is 35.0 Å². The third-order valence-electron chi connectivity index (χ3n) is 2.54. The molecule has 0 aliphatic heterocycles. The molecule has 21 heavy (non-hydrogen) atoms. The zero-order valence-electron chi connectivity index (χ0n) is 10.7. The van der Waals surface area contributed by atoms with E-state index >= 15 is 0 Å². The van der Waals surface area contributed by atoms with Crippen molar-refractivity contribution in [1.29, 1.82) is 5.26 Å². The van der Waals surface area contributed by atoms with Gasteiger partial charge in [0, 0.05) is 22.0 Å². The molecule has 2 aromatic rings. The Morgan fingerprint density at radius 1 is 1.29 bits per heavy atom. The Balaban J connectivity index is 2.06. The van der Waals surface area contributed by atoms with Crippen molar-refractivity contribution in [1.82, 2.24) is 0 Å². The maximum Gasteiger partial charge on any atom is 0.328 e. The van der Waals surface area contributed by atoms with Crippen LogP contribution in [0, 0.1) is 11.3 Å². The lowest BCUT2D eigenvalue weighted by atomic mass is 10.2. The first-order valence-electron chi connectivity index (χ1n) is 5.89. The first-order valence-corrected chi connectivity index (χ1v) is 6.77. The molecule has 104 valence electrons. The largest absolute Gasteiger partial charge is 0.478 e. The van der Waals surface area contributed by atoms with Crippen LogP contribution < -0.4 is 5.32 Å². The van der Waals surface area contributed by atoms with Crippen molar-refractivity contribution in [3.05, 3.63) is 57.8 Å². The number of carboxylic acid groups (broad SMARTS) is 1. The Bertz CT molecular complexity index is 739. The third kappa shape index (κ3) is 4.03. The van der Waals surface area contributed by atoms with Gasteiger partial charge in [0.05, 0.1) is 17.2 Å². The highest BCUT2D eigenvalue weighted by molar-refractivity contribution is 7.11. The summed E-state index contributed by atoms with van der Waals surface area (Å²) in [6.45, 7) is 0. The summed E-state index contributed by atoms with van der Waals surface area (Å²) in [7, 11) is 0. The molecule has 0 saturated carbocycles. The quantitative estimate of drug-likeness (QED) is 0.849. The minimum Gasteiger partial charge on any atom is -0.478 e. The van der Waals surface area contributed by atoms with Gasteiger partial charge in [-0.3, -0.25) is 4.79 Å². The molecule has 0 spiro atoms. The molecule has 0 bridgehead atoms. The van der Waals surface area contributed by atoms with Crippen LogP contribution in [0.2, 0.25) is 0 Å². The topological polar surface area (TPSA) is 90.2 Å². The predicted octanol–water partition coefficient (Wildman–Crippen LogP) is 2.97. The summed E-state index contributed by atoms with van der Waals surface area (Å²) in [5.74, 6) is -1.32. The molecule has 5 nitrogen and oxygen atoms in total. The summed E-state index contributed by atoms with van der Waals surface area (Å²) >= 11 is 1.28. The normalized spacial score (nSPS) is 10.2. The molecule has 1 amide bonds. The van der Waals surface area contributed by atoms with Gasteiger partial charge in [0.2, 0.25) is 0 Å². The highest BCUT2D eigenvalue weighted by atomic mass is 32.1. The van der Waals surface area contributed by atoms with Gasteiger partial charge in [-0.15, -0.1) is 11.3 Å². The van der Waals surface area contributed by atoms with E-state index < -0.39 is 5.97 Å². The molecule has 0 radical (unpaired) electrons. The minimum absolute atomic E-state index is 0.286. The fourth-order valence-electron chi connectivity index (χ4n) is 1.54. The van der Waals surface area contributed by atoms with E-state index in [1.54, 1.807) is 35.7 Å². The van der Waals surface area contributed by atoms with Gasteiger partial charge in [0.15, 0.2) is 0 Å². The summed E-state index contributed by atoms with van der Waals surface area (Å²) in [6.07, 6.45) is 2.46. The van der Waals surface area contributed by atoms with E-state index in [1.165, 1.54) is 17.4 Å². The highest BCUT2D eigenvalue weighted by Crippen LogP contribution is 2.18. The monoisotopic (exact) mass is 298 g/mol. The third-order valence-corrected chi connectivity index (χ3v) is 3.44. The lowest BCUT2D eigenvalue weighted by molar-refractivity contribution is -0.131. The van der Waals surface area contributed by atoms with E-state index in [2.05, 4.69) is 5.32 Å². The number of hydrogen-bond donors (Lipinski definition) is 2. The van der Waals surface area contributed by atoms with Crippen molar-refractivity contribution in [3.8, 4) is 6.07 Å². The fraction of sp³-hybridized carbons (Fsp3) is 0. The molecular weight excluding hydrogens is 288 g/mol. The number of anilines is 1. The fourth-order valence-corrected chi connectivity index (χ4v) is 2.32. The van der Waals surface area contributed by atoms with Crippen LogP contribution in [0.25, 0.3) is 6.08 Å². The van der Waals surface area contributed by atoms with Gasteiger partial charge in [-0.1, -0.05) is 0 Å². The van der Waals surface area contributed by atoms with E-state index in [-0.39, 0.29) is 5.91 Å². The van der Waals surface area contributed by atoms with E-state index in [9.17, 15) is 9.59 Å². The summed E-state index contributed by atoms with van der Waals surface area (Å²) < 4.78 is 0. The Morgan fingerprint density at radius 3 is 2.62 bits per heavy atom. The predicted molar refractivity (Wildman–Crippen MR) is 80.1 cm³/mol. The average Bonchev–Trinajstić information content (AvgIpc) is 2.95. The lowest BCUT2D eigenvalue weighted by Gasteiger charge is -2.03. The highest BCUT2D eigenvalue weighted by Gasteiger charge is 2.08. The molecule has 6 heteroatoms. The molecule has 0 aliphatic rings. The van der Waals surface area contributed by atoms with Crippen molar-refractivity contribution in [2.75, 3.05) is 5.32 Å². The lowest BCUT2D eigenvalue weighted by Crippen LogP contribution is -2.10. The molecule has 1 aromatic carbocycles. The van der Waals surface area contributed by atoms with Crippen LogP contribution in [-0.4, -0.2) is 17.0 Å². The van der Waals surface area contributed by atoms with Crippen LogP contribution in [0.5, 0.6) is 0 Å². The second-order valence-corrected chi connectivity index (χ2v) is 5.00. The Morgan fingerprint density at radius 2 is 2.00 bits per heavy atom. The Kier molecular flexibility index (Phi) is 4.49. The van der Waals surface area contributed by atoms with Crippen molar-refractivity contribution < 1.29 is 14.7 Å². The van der Waals surface area contributed by atoms with Gasteiger partial charge in [-0.2, -0.15) is 5.26 Å². The zero-order chi connectivity index (χ0) is 15.2. The number of benzene rings is 1. The maximum absolute atomic E-state index is 12.0. The smallest absolute Gasteiger partial charge is 0.328 e. The molecule has 0 unspecified atom stereocenters. The molecule has 0 atom stereocenters. The SMILES string of the molecule is N#Cc1ccc(NC(=O)c2csc(C=CC(=O)O)c2)cc1. The maximum atomic E-state index is 12.0. The first kappa shape index (κ1) is 14.5. The second kappa shape index (κ2) is 6.50. The second-order valence-electron chi connectivity index (χ2n) is 4.05. The number of aliphatic carboxylic acids is 1. The van der Waals surface area contributed by atoms with Gasteiger partial charge in [0.25, 0.3) is 5.91 Å². The first-order chi connectivity index (χ1) is 10.1. The molecule has 0 saturated heterocycles. The van der Waals surface area contributed by atoms with Crippen molar-refractivity contribution in [3.63, 3.8) is 0 Å². The summed E-state index contributed by atoms with van der Waals surface area (Å²) in [6, 6.07) is 10.1. The molecule has 0 fully saturated rings. The molecule has 1 aromatic heterocycles. The summed E-state index contributed by atoms with van der Waals surface area (Å²) in [4.78, 5) is 23.1. The van der Waals surface area contributed by atoms with Gasteiger partial charge in [-0.25, -0.2) is 4.79 Å². The van der Waals surface area contributed by atoms with Crippen LogP contribution in [0.4, 0.5) is 5.69 Å². The van der Waals surface area contributed by atoms with E-state index in [4.69, 9.17) is 10.4 Å². The summed E-state index contributed by atoms with van der Waals surface area (Å²) in [5, 5.41) is 21.6. The number of nitriles is 1. The Labute approximate surface area is 124 Å². The van der Waals surface area contributed by atoms with Gasteiger partial charge < -0.3 is 10.4 Å². The average molecular weight is 298 g/mol. The summed E-state index contributed by atoms with van der Waals surface area (Å²) in [5.41, 5.74) is 1.56. The van der Waals surface area contributed by atoms with E-state index in [1.807, 2.05) is 6.07 Å². The van der Waals surface area contributed by atoms with Crippen LogP contribution in [-0.2, 0) is 4.79 Å². The number of carbonyl (C=O) groups excluding carboxylic acids is 1. The zero-order valence-corrected chi connectivity index (χ0v) is 11.6. The number of hydrogen-bond acceptors (Lipinski definition) is 4. The van der Waals surface area contributed by atoms with Crippen LogP contribution in [0.1, 0.15) is 20.8 Å². The number of carbonyl (C=O) groups is 2. The number of carboxylic acids is 1. The number of amides is 1. The number of nitrogens with one attached hydrogen (secondary N) is 1. The molecule has 2 N–H and O–H groups in total. The van der Waals surface area contributed by atoms with Crippen LogP contribution in [0.3, 0.4) is 0 Å². The van der Waals surface area contributed by atoms with Crippen molar-refractivity contribution in [2.24, 2.45) is 0 Å². The van der Waals surface area contributed by atoms with E-state index in [0.29, 0.717) is 21.7 Å². The Hall–Kier alpha value is -2.91. The van der Waals surface area contributed by atoms with Crippen LogP contribution in [0.15, 0.2) is 41.8 Å². The standard InChI is InChI=1S/C15H10N2O3S/c16-8-10-1-3-12(4-2-10)17-15(20)11-7-13(21-9-11)5-6-14(18)19/h1-7,9H,(H,17,20)(H,18,19). The van der Waals surface area contributed by atoms with Gasteiger partial charge >= 0.3 is 5.97 Å². The van der Waals surface area contributed by atoms with Crippen LogP contribution >= 0.6 is 11.3 Å². The number of thiophene rings is 1. The van der Waals surface area contributed by atoms with Gasteiger partial charge in [-0.05, 0) is 36.4 Å². The number of rotatable bonds is 4. The minimum atomic E-state index is -1.04. The van der Waals surface area contributed by atoms with E-state index in [0.717, 1.165) is 6.08 Å². The molecule has 1 heterocycles. The van der Waals surface area contributed by atoms with Gasteiger partial charge in [0.1, 0.15) is 0 Å². The molecule has 2 rings (SSSR count). The molecular formula is C15H10N2O3S. The molecule has 0 aliphatic carbocycles. The number of nitrogens with zero attached hydrogens (tertiary/aromatic N) is 1. The van der Waals surface area contributed by atoms with Crippen molar-refractivity contribution in [2.45, 2.75) is 0 Å².